The average Bonchev–Trinajstić information content (AvgIpc) is 3.35. The molecule has 0 aliphatic rings. The summed E-state index contributed by atoms with van der Waals surface area (Å²) < 4.78 is 47.4. The van der Waals surface area contributed by atoms with Gasteiger partial charge in [0.1, 0.15) is 11.6 Å². The molecule has 0 unspecified atom stereocenters. The lowest BCUT2D eigenvalue weighted by Crippen LogP contribution is -2.17. The minimum absolute atomic E-state index is 0.0292. The minimum atomic E-state index is -4.57. The standard InChI is InChI=1S/C22H18ClF3N6O2/c1-12-10-19(32(29-12)18-11-14(22(24,25)26)4-9-17(18)23)27-21(33)20-13(2)31(30-28-20)15-5-7-16(34-3)8-6-15/h4-11H,1-3H3,(H,27,33). The van der Waals surface area contributed by atoms with Crippen molar-refractivity contribution in [1.29, 1.82) is 0 Å². The Balaban J connectivity index is 1.66. The number of nitrogens with zero attached hydrogens (tertiary/aromatic N) is 5. The number of ether oxygens (including phenoxy) is 1. The summed E-state index contributed by atoms with van der Waals surface area (Å²) in [6, 6.07) is 11.4. The van der Waals surface area contributed by atoms with Gasteiger partial charge in [-0.05, 0) is 56.3 Å². The molecule has 2 aromatic heterocycles. The zero-order valence-electron chi connectivity index (χ0n) is 18.2. The summed E-state index contributed by atoms with van der Waals surface area (Å²) in [6.07, 6.45) is -4.57. The van der Waals surface area contributed by atoms with Crippen LogP contribution in [-0.2, 0) is 6.18 Å². The van der Waals surface area contributed by atoms with Crippen LogP contribution in [0.1, 0.15) is 27.4 Å². The Morgan fingerprint density at radius 1 is 1.06 bits per heavy atom. The fraction of sp³-hybridized carbons (Fsp3) is 0.182. The Bertz CT molecular complexity index is 1360. The maximum absolute atomic E-state index is 13.2. The van der Waals surface area contributed by atoms with E-state index >= 15 is 0 Å². The maximum atomic E-state index is 13.2. The summed E-state index contributed by atoms with van der Waals surface area (Å²) >= 11 is 6.16. The van der Waals surface area contributed by atoms with Crippen molar-refractivity contribution >= 4 is 23.3 Å². The number of benzene rings is 2. The van der Waals surface area contributed by atoms with E-state index < -0.39 is 17.6 Å². The molecule has 4 rings (SSSR count). The second-order valence-corrected chi connectivity index (χ2v) is 7.74. The third kappa shape index (κ3) is 4.46. The van der Waals surface area contributed by atoms with Crippen molar-refractivity contribution in [1.82, 2.24) is 24.8 Å². The van der Waals surface area contributed by atoms with Gasteiger partial charge in [-0.25, -0.2) is 9.36 Å². The van der Waals surface area contributed by atoms with E-state index in [9.17, 15) is 18.0 Å². The molecule has 0 spiro atoms. The van der Waals surface area contributed by atoms with Gasteiger partial charge in [0, 0.05) is 6.07 Å². The van der Waals surface area contributed by atoms with E-state index in [1.54, 1.807) is 45.2 Å². The van der Waals surface area contributed by atoms with Gasteiger partial charge in [0.2, 0.25) is 0 Å². The molecule has 8 nitrogen and oxygen atoms in total. The van der Waals surface area contributed by atoms with Crippen molar-refractivity contribution < 1.29 is 22.7 Å². The van der Waals surface area contributed by atoms with Crippen LogP contribution >= 0.6 is 11.6 Å². The van der Waals surface area contributed by atoms with Gasteiger partial charge in [0.25, 0.3) is 5.91 Å². The molecular formula is C22H18ClF3N6O2. The highest BCUT2D eigenvalue weighted by atomic mass is 35.5. The smallest absolute Gasteiger partial charge is 0.416 e. The Morgan fingerprint density at radius 2 is 1.76 bits per heavy atom. The van der Waals surface area contributed by atoms with Gasteiger partial charge in [-0.2, -0.15) is 18.3 Å². The monoisotopic (exact) mass is 490 g/mol. The van der Waals surface area contributed by atoms with Crippen LogP contribution in [0.4, 0.5) is 19.0 Å². The molecule has 0 bridgehead atoms. The number of nitrogens with one attached hydrogen (secondary N) is 1. The van der Waals surface area contributed by atoms with Crippen LogP contribution in [0.25, 0.3) is 11.4 Å². The van der Waals surface area contributed by atoms with Crippen molar-refractivity contribution in [3.8, 4) is 17.1 Å². The fourth-order valence-electron chi connectivity index (χ4n) is 3.31. The van der Waals surface area contributed by atoms with Crippen molar-refractivity contribution in [2.45, 2.75) is 20.0 Å². The number of halogens is 4. The van der Waals surface area contributed by atoms with Crippen molar-refractivity contribution in [2.75, 3.05) is 12.4 Å². The SMILES string of the molecule is COc1ccc(-n2nnc(C(=O)Nc3cc(C)nn3-c3cc(C(F)(F)F)ccc3Cl)c2C)cc1. The molecule has 4 aromatic rings. The molecule has 2 heterocycles. The zero-order valence-corrected chi connectivity index (χ0v) is 18.9. The van der Waals surface area contributed by atoms with E-state index in [1.807, 2.05) is 0 Å². The minimum Gasteiger partial charge on any atom is -0.497 e. The molecule has 0 aliphatic heterocycles. The average molecular weight is 491 g/mol. The number of rotatable bonds is 5. The first kappa shape index (κ1) is 23.3. The second kappa shape index (κ2) is 8.82. The number of alkyl halides is 3. The molecular weight excluding hydrogens is 473 g/mol. The lowest BCUT2D eigenvalue weighted by Gasteiger charge is -2.13. The van der Waals surface area contributed by atoms with E-state index in [1.165, 1.54) is 10.7 Å². The third-order valence-electron chi connectivity index (χ3n) is 5.00. The summed E-state index contributed by atoms with van der Waals surface area (Å²) in [7, 11) is 1.55. The largest absolute Gasteiger partial charge is 0.497 e. The molecule has 1 N–H and O–H groups in total. The van der Waals surface area contributed by atoms with Crippen LogP contribution < -0.4 is 10.1 Å². The molecule has 0 aliphatic carbocycles. The molecule has 0 fully saturated rings. The second-order valence-electron chi connectivity index (χ2n) is 7.33. The van der Waals surface area contributed by atoms with E-state index in [0.29, 0.717) is 22.8 Å². The van der Waals surface area contributed by atoms with E-state index in [0.717, 1.165) is 22.9 Å². The molecule has 34 heavy (non-hydrogen) atoms. The van der Waals surface area contributed by atoms with E-state index in [2.05, 4.69) is 20.7 Å². The van der Waals surface area contributed by atoms with Crippen LogP contribution in [0.5, 0.6) is 5.75 Å². The number of hydrogen-bond donors (Lipinski definition) is 1. The van der Waals surface area contributed by atoms with Crippen molar-refractivity contribution in [2.24, 2.45) is 0 Å². The first-order chi connectivity index (χ1) is 16.1. The summed E-state index contributed by atoms with van der Waals surface area (Å²) in [5.74, 6) is 0.181. The summed E-state index contributed by atoms with van der Waals surface area (Å²) in [5, 5.41) is 14.9. The molecule has 0 atom stereocenters. The topological polar surface area (TPSA) is 86.9 Å². The number of carbonyl (C=O) groups is 1. The molecule has 0 radical (unpaired) electrons. The highest BCUT2D eigenvalue weighted by Crippen LogP contribution is 2.34. The summed E-state index contributed by atoms with van der Waals surface area (Å²) in [5.41, 5.74) is 0.705. The van der Waals surface area contributed by atoms with Crippen molar-refractivity contribution in [3.05, 3.63) is 76.2 Å². The lowest BCUT2D eigenvalue weighted by molar-refractivity contribution is -0.137. The summed E-state index contributed by atoms with van der Waals surface area (Å²) in [6.45, 7) is 3.31. The van der Waals surface area contributed by atoms with Gasteiger partial charge < -0.3 is 10.1 Å². The first-order valence-corrected chi connectivity index (χ1v) is 10.3. The Kier molecular flexibility index (Phi) is 6.05. The Hall–Kier alpha value is -3.86. The Morgan fingerprint density at radius 3 is 2.41 bits per heavy atom. The fourth-order valence-corrected chi connectivity index (χ4v) is 3.50. The molecule has 176 valence electrons. The van der Waals surface area contributed by atoms with Crippen LogP contribution in [0, 0.1) is 13.8 Å². The number of aryl methyl sites for hydroxylation is 1. The van der Waals surface area contributed by atoms with E-state index in [-0.39, 0.29) is 22.2 Å². The highest BCUT2D eigenvalue weighted by molar-refractivity contribution is 6.32. The quantitative estimate of drug-likeness (QED) is 0.425. The maximum Gasteiger partial charge on any atom is 0.416 e. The van der Waals surface area contributed by atoms with Gasteiger partial charge in [-0.3, -0.25) is 4.79 Å². The zero-order chi connectivity index (χ0) is 24.6. The number of methoxy groups -OCH3 is 1. The first-order valence-electron chi connectivity index (χ1n) is 9.90. The lowest BCUT2D eigenvalue weighted by atomic mass is 10.2. The predicted octanol–water partition coefficient (Wildman–Crippen LogP) is 5.00. The van der Waals surface area contributed by atoms with Crippen molar-refractivity contribution in [3.63, 3.8) is 0 Å². The van der Waals surface area contributed by atoms with E-state index in [4.69, 9.17) is 16.3 Å². The van der Waals surface area contributed by atoms with Gasteiger partial charge in [-0.1, -0.05) is 16.8 Å². The normalized spacial score (nSPS) is 11.5. The molecule has 0 saturated carbocycles. The molecule has 12 heteroatoms. The number of hydrogen-bond acceptors (Lipinski definition) is 5. The third-order valence-corrected chi connectivity index (χ3v) is 5.32. The molecule has 1 amide bonds. The summed E-state index contributed by atoms with van der Waals surface area (Å²) in [4.78, 5) is 13.0. The van der Waals surface area contributed by atoms with Crippen LogP contribution in [0.15, 0.2) is 48.5 Å². The van der Waals surface area contributed by atoms with Gasteiger partial charge in [0.05, 0.1) is 40.5 Å². The van der Waals surface area contributed by atoms with Gasteiger partial charge in [-0.15, -0.1) is 5.10 Å². The van der Waals surface area contributed by atoms with Gasteiger partial charge >= 0.3 is 6.18 Å². The van der Waals surface area contributed by atoms with Crippen LogP contribution in [0.2, 0.25) is 5.02 Å². The number of carbonyl (C=O) groups excluding carboxylic acids is 1. The number of amides is 1. The molecule has 0 saturated heterocycles. The molecule has 2 aromatic carbocycles. The van der Waals surface area contributed by atoms with Crippen LogP contribution in [0.3, 0.4) is 0 Å². The highest BCUT2D eigenvalue weighted by Gasteiger charge is 2.31. The Labute approximate surface area is 196 Å². The number of aromatic nitrogens is 5. The van der Waals surface area contributed by atoms with Crippen LogP contribution in [-0.4, -0.2) is 37.8 Å². The van der Waals surface area contributed by atoms with Gasteiger partial charge in [0.15, 0.2) is 5.69 Å². The number of anilines is 1. The predicted molar refractivity (Wildman–Crippen MR) is 119 cm³/mol.